The van der Waals surface area contributed by atoms with Crippen molar-refractivity contribution in [1.82, 2.24) is 4.98 Å². The third-order valence-electron chi connectivity index (χ3n) is 4.75. The van der Waals surface area contributed by atoms with E-state index in [9.17, 15) is 19.7 Å². The number of carboxylic acids is 1. The quantitative estimate of drug-likeness (QED) is 0.247. The first kappa shape index (κ1) is 25.1. The molecule has 10 heteroatoms. The highest BCUT2D eigenvalue weighted by atomic mass is 16.6. The number of carbonyl (C=O) groups excluding carboxylic acids is 1. The van der Waals surface area contributed by atoms with Crippen LogP contribution in [0.3, 0.4) is 0 Å². The van der Waals surface area contributed by atoms with Gasteiger partial charge in [-0.05, 0) is 60.5 Å². The molecule has 0 aliphatic carbocycles. The lowest BCUT2D eigenvalue weighted by atomic mass is 10.1. The van der Waals surface area contributed by atoms with Gasteiger partial charge in [0.25, 0.3) is 11.6 Å². The lowest BCUT2D eigenvalue weighted by molar-refractivity contribution is -0.384. The van der Waals surface area contributed by atoms with Crippen molar-refractivity contribution in [2.75, 3.05) is 19.0 Å². The number of anilines is 1. The molecule has 0 aliphatic heterocycles. The number of aromatic nitrogens is 1. The first-order valence-corrected chi connectivity index (χ1v) is 10.5. The number of ether oxygens (including phenoxy) is 2. The summed E-state index contributed by atoms with van der Waals surface area (Å²) in [6, 6.07) is 13.8. The normalized spacial score (nSPS) is 11.7. The molecule has 0 saturated carbocycles. The van der Waals surface area contributed by atoms with Crippen LogP contribution in [0.4, 0.5) is 11.5 Å². The molecule has 2 aromatic carbocycles. The second-order valence-electron chi connectivity index (χ2n) is 7.55. The molecule has 1 heterocycles. The summed E-state index contributed by atoms with van der Waals surface area (Å²) in [4.78, 5) is 38.2. The fourth-order valence-corrected chi connectivity index (χ4v) is 3.10. The molecule has 10 nitrogen and oxygen atoms in total. The number of hydrogen-bond donors (Lipinski definition) is 2. The number of carbonyl (C=O) groups is 2. The van der Waals surface area contributed by atoms with Crippen LogP contribution in [0.1, 0.15) is 38.8 Å². The van der Waals surface area contributed by atoms with Gasteiger partial charge in [-0.15, -0.1) is 0 Å². The van der Waals surface area contributed by atoms with Crippen LogP contribution in [0, 0.1) is 10.1 Å². The number of carboxylic acid groups (broad SMARTS) is 1. The number of nitrogens with one attached hydrogen (secondary N) is 1. The zero-order chi connectivity index (χ0) is 25.4. The highest BCUT2D eigenvalue weighted by Crippen LogP contribution is 2.22. The van der Waals surface area contributed by atoms with E-state index in [1.54, 1.807) is 49.6 Å². The predicted octanol–water partition coefficient (Wildman–Crippen LogP) is 4.52. The maximum absolute atomic E-state index is 12.9. The van der Waals surface area contributed by atoms with E-state index < -0.39 is 16.8 Å². The minimum absolute atomic E-state index is 0.00388. The summed E-state index contributed by atoms with van der Waals surface area (Å²) in [5, 5.41) is 22.5. The number of methoxy groups -OCH3 is 1. The van der Waals surface area contributed by atoms with Gasteiger partial charge >= 0.3 is 5.97 Å². The molecule has 0 aliphatic rings. The minimum Gasteiger partial charge on any atom is -0.488 e. The zero-order valence-corrected chi connectivity index (χ0v) is 19.0. The third-order valence-corrected chi connectivity index (χ3v) is 4.75. The van der Waals surface area contributed by atoms with Crippen molar-refractivity contribution in [3.63, 3.8) is 0 Å². The fourth-order valence-electron chi connectivity index (χ4n) is 3.10. The Kier molecular flexibility index (Phi) is 8.25. The molecule has 0 radical (unpaired) electrons. The largest absolute Gasteiger partial charge is 0.488 e. The standard InChI is InChI=1S/C25H23N3O7/c1-16(15-34-2)35-22-12-18(4-3-17-5-8-21(9-6-17)28(32)33)11-20(13-22)24(29)27-23-10-7-19(14-26-23)25(30)31/h3-14,16H,15H2,1-2H3,(H,30,31)(H,26,27,29)/b4-3+/t16-/m0/s1. The molecule has 0 bridgehead atoms. The Morgan fingerprint density at radius 3 is 2.40 bits per heavy atom. The molecule has 1 amide bonds. The van der Waals surface area contributed by atoms with Crippen LogP contribution in [0.15, 0.2) is 60.8 Å². The molecule has 0 unspecified atom stereocenters. The molecule has 0 saturated heterocycles. The van der Waals surface area contributed by atoms with Gasteiger partial charge in [-0.1, -0.05) is 12.2 Å². The van der Waals surface area contributed by atoms with Crippen LogP contribution in [-0.4, -0.2) is 46.7 Å². The van der Waals surface area contributed by atoms with Crippen molar-refractivity contribution < 1.29 is 29.1 Å². The van der Waals surface area contributed by atoms with Gasteiger partial charge in [0.15, 0.2) is 0 Å². The van der Waals surface area contributed by atoms with Gasteiger partial charge in [0.2, 0.25) is 0 Å². The van der Waals surface area contributed by atoms with Gasteiger partial charge in [0.1, 0.15) is 17.7 Å². The molecule has 35 heavy (non-hydrogen) atoms. The monoisotopic (exact) mass is 477 g/mol. The van der Waals surface area contributed by atoms with Gasteiger partial charge in [-0.25, -0.2) is 9.78 Å². The van der Waals surface area contributed by atoms with Crippen molar-refractivity contribution in [3.05, 3.63) is 93.2 Å². The van der Waals surface area contributed by atoms with Crippen LogP contribution >= 0.6 is 0 Å². The summed E-state index contributed by atoms with van der Waals surface area (Å²) in [5.41, 5.74) is 1.69. The first-order chi connectivity index (χ1) is 16.7. The number of nitro benzene ring substituents is 1. The van der Waals surface area contributed by atoms with Gasteiger partial charge in [-0.2, -0.15) is 0 Å². The minimum atomic E-state index is -1.12. The first-order valence-electron chi connectivity index (χ1n) is 10.5. The average Bonchev–Trinajstić information content (AvgIpc) is 2.83. The van der Waals surface area contributed by atoms with Crippen LogP contribution in [0.2, 0.25) is 0 Å². The Balaban J connectivity index is 1.86. The Labute approximate surface area is 201 Å². The maximum atomic E-state index is 12.9. The second kappa shape index (κ2) is 11.5. The summed E-state index contributed by atoms with van der Waals surface area (Å²) < 4.78 is 11.0. The summed E-state index contributed by atoms with van der Waals surface area (Å²) in [5.74, 6) is -0.938. The summed E-state index contributed by atoms with van der Waals surface area (Å²) >= 11 is 0. The number of pyridine rings is 1. The van der Waals surface area contributed by atoms with E-state index in [-0.39, 0.29) is 23.2 Å². The lowest BCUT2D eigenvalue weighted by Crippen LogP contribution is -2.19. The second-order valence-corrected chi connectivity index (χ2v) is 7.55. The molecule has 1 aromatic heterocycles. The molecule has 0 spiro atoms. The van der Waals surface area contributed by atoms with E-state index in [4.69, 9.17) is 14.6 Å². The number of aromatic carboxylic acids is 1. The van der Waals surface area contributed by atoms with Crippen molar-refractivity contribution in [1.29, 1.82) is 0 Å². The number of rotatable bonds is 10. The average molecular weight is 477 g/mol. The van der Waals surface area contributed by atoms with Crippen LogP contribution < -0.4 is 10.1 Å². The Hall–Kier alpha value is -4.57. The number of nitro groups is 1. The summed E-state index contributed by atoms with van der Waals surface area (Å²) in [6.07, 6.45) is 4.40. The van der Waals surface area contributed by atoms with Crippen LogP contribution in [-0.2, 0) is 4.74 Å². The number of hydrogen-bond acceptors (Lipinski definition) is 7. The molecule has 180 valence electrons. The third kappa shape index (κ3) is 7.21. The zero-order valence-electron chi connectivity index (χ0n) is 19.0. The number of benzene rings is 2. The van der Waals surface area contributed by atoms with E-state index in [1.807, 2.05) is 6.92 Å². The summed E-state index contributed by atoms with van der Waals surface area (Å²) in [6.45, 7) is 2.18. The van der Waals surface area contributed by atoms with Crippen molar-refractivity contribution in [2.45, 2.75) is 13.0 Å². The Morgan fingerprint density at radius 1 is 1.09 bits per heavy atom. The number of amides is 1. The molecule has 1 atom stereocenters. The summed E-state index contributed by atoms with van der Waals surface area (Å²) in [7, 11) is 1.56. The van der Waals surface area contributed by atoms with E-state index in [1.165, 1.54) is 24.3 Å². The molecule has 0 fully saturated rings. The topological polar surface area (TPSA) is 141 Å². The molecular weight excluding hydrogens is 454 g/mol. The van der Waals surface area contributed by atoms with E-state index in [0.29, 0.717) is 23.5 Å². The smallest absolute Gasteiger partial charge is 0.337 e. The van der Waals surface area contributed by atoms with Gasteiger partial charge in [0, 0.05) is 31.0 Å². The number of non-ortho nitro benzene ring substituents is 1. The van der Waals surface area contributed by atoms with E-state index in [2.05, 4.69) is 10.3 Å². The molecule has 3 rings (SSSR count). The highest BCUT2D eigenvalue weighted by molar-refractivity contribution is 6.04. The predicted molar refractivity (Wildman–Crippen MR) is 130 cm³/mol. The number of nitrogens with zero attached hydrogens (tertiary/aromatic N) is 2. The van der Waals surface area contributed by atoms with Crippen molar-refractivity contribution in [3.8, 4) is 5.75 Å². The van der Waals surface area contributed by atoms with Gasteiger partial charge in [0.05, 0.1) is 17.1 Å². The fraction of sp³-hybridized carbons (Fsp3) is 0.160. The van der Waals surface area contributed by atoms with Gasteiger partial charge < -0.3 is 19.9 Å². The van der Waals surface area contributed by atoms with Crippen molar-refractivity contribution in [2.24, 2.45) is 0 Å². The van der Waals surface area contributed by atoms with Crippen LogP contribution in [0.25, 0.3) is 12.2 Å². The Morgan fingerprint density at radius 2 is 1.80 bits per heavy atom. The molecular formula is C25H23N3O7. The van der Waals surface area contributed by atoms with E-state index >= 15 is 0 Å². The molecule has 2 N–H and O–H groups in total. The van der Waals surface area contributed by atoms with E-state index in [0.717, 1.165) is 11.8 Å². The van der Waals surface area contributed by atoms with Crippen LogP contribution in [0.5, 0.6) is 5.75 Å². The van der Waals surface area contributed by atoms with Gasteiger partial charge in [-0.3, -0.25) is 14.9 Å². The lowest BCUT2D eigenvalue weighted by Gasteiger charge is -2.15. The SMILES string of the molecule is COC[C@H](C)Oc1cc(/C=C/c2ccc([N+](=O)[O-])cc2)cc(C(=O)Nc2ccc(C(=O)O)cn2)c1. The Bertz CT molecular complexity index is 1240. The highest BCUT2D eigenvalue weighted by Gasteiger charge is 2.13. The van der Waals surface area contributed by atoms with Crippen molar-refractivity contribution >= 4 is 35.5 Å². The maximum Gasteiger partial charge on any atom is 0.337 e. The molecule has 3 aromatic rings.